The van der Waals surface area contributed by atoms with Crippen LogP contribution in [0.25, 0.3) is 0 Å². The molecule has 1 atom stereocenters. The van der Waals surface area contributed by atoms with Gasteiger partial charge in [-0.1, -0.05) is 12.1 Å². The Balaban J connectivity index is 0.00000338. The van der Waals surface area contributed by atoms with Gasteiger partial charge >= 0.3 is 0 Å². The number of hydrogen-bond acceptors (Lipinski definition) is 4. The number of hydrogen-bond donors (Lipinski definition) is 2. The second-order valence-corrected chi connectivity index (χ2v) is 6.23. The molecule has 1 aromatic carbocycles. The Bertz CT molecular complexity index is 583. The van der Waals surface area contributed by atoms with Crippen LogP contribution in [0.2, 0.25) is 0 Å². The predicted molar refractivity (Wildman–Crippen MR) is 105 cm³/mol. The van der Waals surface area contributed by atoms with Gasteiger partial charge in [0.2, 0.25) is 5.91 Å². The van der Waals surface area contributed by atoms with Gasteiger partial charge in [-0.15, -0.1) is 12.4 Å². The topological polar surface area (TPSA) is 70.7 Å². The lowest BCUT2D eigenvalue weighted by atomic mass is 10.2. The minimum Gasteiger partial charge on any atom is -0.493 e. The number of likely N-dealkylation sites (tertiary alicyclic amines) is 1. The van der Waals surface area contributed by atoms with Crippen molar-refractivity contribution in [3.63, 3.8) is 0 Å². The Kier molecular flexibility index (Phi) is 10.1. The third-order valence-electron chi connectivity index (χ3n) is 4.42. The summed E-state index contributed by atoms with van der Waals surface area (Å²) in [6.07, 6.45) is 3.25. The Labute approximate surface area is 162 Å². The molecule has 1 saturated heterocycles. The molecular weight excluding hydrogens is 354 g/mol. The van der Waals surface area contributed by atoms with Gasteiger partial charge in [-0.3, -0.25) is 9.59 Å². The third-order valence-corrected chi connectivity index (χ3v) is 4.42. The molecule has 2 amide bonds. The smallest absolute Gasteiger partial charge is 0.255 e. The third kappa shape index (κ3) is 6.18. The van der Waals surface area contributed by atoms with E-state index in [1.807, 2.05) is 31.0 Å². The molecule has 1 aliphatic heterocycles. The van der Waals surface area contributed by atoms with Gasteiger partial charge in [0, 0.05) is 32.1 Å². The fourth-order valence-electron chi connectivity index (χ4n) is 3.23. The summed E-state index contributed by atoms with van der Waals surface area (Å²) in [4.78, 5) is 26.6. The van der Waals surface area contributed by atoms with E-state index in [4.69, 9.17) is 4.74 Å². The normalized spacial score (nSPS) is 16.1. The molecule has 1 aromatic rings. The Morgan fingerprint density at radius 1 is 1.31 bits per heavy atom. The lowest BCUT2D eigenvalue weighted by molar-refractivity contribution is -0.132. The standard InChI is InChI=1S/C19H29N3O3.ClH/c1-3-25-17-10-5-4-9-16(17)19(24)21-12-6-11-18(23)22-13-7-8-15(22)14-20-2;/h4-5,9-10,15,20H,3,6-8,11-14H2,1-2H3,(H,21,24);1H. The van der Waals surface area contributed by atoms with Gasteiger partial charge in [-0.25, -0.2) is 0 Å². The van der Waals surface area contributed by atoms with E-state index in [2.05, 4.69) is 10.6 Å². The molecule has 2 rings (SSSR count). The quantitative estimate of drug-likeness (QED) is 0.641. The maximum absolute atomic E-state index is 12.3. The van der Waals surface area contributed by atoms with Crippen LogP contribution >= 0.6 is 12.4 Å². The van der Waals surface area contributed by atoms with Crippen LogP contribution in [0.1, 0.15) is 43.0 Å². The van der Waals surface area contributed by atoms with E-state index in [1.54, 1.807) is 12.1 Å². The molecule has 0 aromatic heterocycles. The van der Waals surface area contributed by atoms with Crippen LogP contribution in [0.3, 0.4) is 0 Å². The summed E-state index contributed by atoms with van der Waals surface area (Å²) in [6, 6.07) is 7.51. The van der Waals surface area contributed by atoms with Crippen molar-refractivity contribution in [1.29, 1.82) is 0 Å². The Morgan fingerprint density at radius 2 is 2.08 bits per heavy atom. The first-order chi connectivity index (χ1) is 12.2. The van der Waals surface area contributed by atoms with Crippen LogP contribution in [-0.2, 0) is 4.79 Å². The molecular formula is C19H30ClN3O3. The Morgan fingerprint density at radius 3 is 2.81 bits per heavy atom. The van der Waals surface area contributed by atoms with E-state index in [9.17, 15) is 9.59 Å². The molecule has 0 aliphatic carbocycles. The van der Waals surface area contributed by atoms with Crippen molar-refractivity contribution in [2.24, 2.45) is 0 Å². The van der Waals surface area contributed by atoms with Crippen LogP contribution in [-0.4, -0.2) is 56.0 Å². The van der Waals surface area contributed by atoms with E-state index < -0.39 is 0 Å². The highest BCUT2D eigenvalue weighted by Gasteiger charge is 2.27. The average molecular weight is 384 g/mol. The molecule has 0 bridgehead atoms. The maximum Gasteiger partial charge on any atom is 0.255 e. The first-order valence-electron chi connectivity index (χ1n) is 9.11. The number of benzene rings is 1. The molecule has 0 saturated carbocycles. The van der Waals surface area contributed by atoms with Crippen LogP contribution in [0.15, 0.2) is 24.3 Å². The number of carbonyl (C=O) groups is 2. The van der Waals surface area contributed by atoms with E-state index in [0.29, 0.717) is 43.3 Å². The molecule has 6 nitrogen and oxygen atoms in total. The number of nitrogens with zero attached hydrogens (tertiary/aromatic N) is 1. The molecule has 1 heterocycles. The van der Waals surface area contributed by atoms with Crippen molar-refractivity contribution in [2.45, 2.75) is 38.6 Å². The van der Waals surface area contributed by atoms with Gasteiger partial charge < -0.3 is 20.3 Å². The molecule has 2 N–H and O–H groups in total. The van der Waals surface area contributed by atoms with Crippen molar-refractivity contribution in [1.82, 2.24) is 15.5 Å². The summed E-state index contributed by atoms with van der Waals surface area (Å²) < 4.78 is 5.48. The summed E-state index contributed by atoms with van der Waals surface area (Å²) in [6.45, 7) is 4.58. The predicted octanol–water partition coefficient (Wildman–Crippen LogP) is 2.23. The first-order valence-corrected chi connectivity index (χ1v) is 9.11. The van der Waals surface area contributed by atoms with Crippen LogP contribution in [0, 0.1) is 0 Å². The number of carbonyl (C=O) groups excluding carboxylic acids is 2. The zero-order valence-electron chi connectivity index (χ0n) is 15.6. The van der Waals surface area contributed by atoms with Gasteiger partial charge in [0.05, 0.1) is 12.2 Å². The minimum absolute atomic E-state index is 0. The average Bonchev–Trinajstić information content (AvgIpc) is 3.08. The summed E-state index contributed by atoms with van der Waals surface area (Å²) in [7, 11) is 1.91. The molecule has 0 radical (unpaired) electrons. The van der Waals surface area contributed by atoms with Gasteiger partial charge in [-0.2, -0.15) is 0 Å². The lowest BCUT2D eigenvalue weighted by Crippen LogP contribution is -2.41. The molecule has 1 fully saturated rings. The van der Waals surface area contributed by atoms with Crippen LogP contribution in [0.4, 0.5) is 0 Å². The van der Waals surface area contributed by atoms with Gasteiger partial charge in [-0.05, 0) is 45.4 Å². The number of likely N-dealkylation sites (N-methyl/N-ethyl adjacent to an activating group) is 1. The van der Waals surface area contributed by atoms with Crippen molar-refractivity contribution < 1.29 is 14.3 Å². The summed E-state index contributed by atoms with van der Waals surface area (Å²) in [5, 5.41) is 6.03. The number of ether oxygens (including phenoxy) is 1. The summed E-state index contributed by atoms with van der Waals surface area (Å²) >= 11 is 0. The zero-order valence-corrected chi connectivity index (χ0v) is 16.4. The molecule has 7 heteroatoms. The number of halogens is 1. The fourth-order valence-corrected chi connectivity index (χ4v) is 3.23. The maximum atomic E-state index is 12.3. The van der Waals surface area contributed by atoms with Gasteiger partial charge in [0.1, 0.15) is 5.75 Å². The van der Waals surface area contributed by atoms with E-state index in [0.717, 1.165) is 25.9 Å². The van der Waals surface area contributed by atoms with E-state index in [1.165, 1.54) is 0 Å². The number of nitrogens with one attached hydrogen (secondary N) is 2. The van der Waals surface area contributed by atoms with Gasteiger partial charge in [0.15, 0.2) is 0 Å². The zero-order chi connectivity index (χ0) is 18.1. The summed E-state index contributed by atoms with van der Waals surface area (Å²) in [5.41, 5.74) is 0.532. The number of rotatable bonds is 9. The summed E-state index contributed by atoms with van der Waals surface area (Å²) in [5.74, 6) is 0.609. The van der Waals surface area contributed by atoms with Gasteiger partial charge in [0.25, 0.3) is 5.91 Å². The van der Waals surface area contributed by atoms with Crippen molar-refractivity contribution in [3.05, 3.63) is 29.8 Å². The molecule has 0 spiro atoms. The lowest BCUT2D eigenvalue weighted by Gasteiger charge is -2.24. The molecule has 1 aliphatic rings. The second-order valence-electron chi connectivity index (χ2n) is 6.23. The monoisotopic (exact) mass is 383 g/mol. The second kappa shape index (κ2) is 11.8. The first kappa shape index (κ1) is 22.3. The highest BCUT2D eigenvalue weighted by atomic mass is 35.5. The highest BCUT2D eigenvalue weighted by molar-refractivity contribution is 5.96. The van der Waals surface area contributed by atoms with Crippen molar-refractivity contribution in [2.75, 3.05) is 33.3 Å². The van der Waals surface area contributed by atoms with E-state index in [-0.39, 0.29) is 24.2 Å². The molecule has 1 unspecified atom stereocenters. The van der Waals surface area contributed by atoms with E-state index >= 15 is 0 Å². The number of para-hydroxylation sites is 1. The van der Waals surface area contributed by atoms with Crippen molar-refractivity contribution >= 4 is 24.2 Å². The minimum atomic E-state index is -0.161. The Hall–Kier alpha value is -1.79. The largest absolute Gasteiger partial charge is 0.493 e. The highest BCUT2D eigenvalue weighted by Crippen LogP contribution is 2.19. The molecule has 146 valence electrons. The van der Waals surface area contributed by atoms with Crippen molar-refractivity contribution in [3.8, 4) is 5.75 Å². The fraction of sp³-hybridized carbons (Fsp3) is 0.579. The van der Waals surface area contributed by atoms with Crippen LogP contribution in [0.5, 0.6) is 5.75 Å². The number of amides is 2. The van der Waals surface area contributed by atoms with Crippen LogP contribution < -0.4 is 15.4 Å². The SMILES string of the molecule is CCOc1ccccc1C(=O)NCCCC(=O)N1CCCC1CNC.Cl. The molecule has 26 heavy (non-hydrogen) atoms.